The summed E-state index contributed by atoms with van der Waals surface area (Å²) in [6.45, 7) is 1.78. The van der Waals surface area contributed by atoms with Crippen molar-refractivity contribution < 1.29 is 4.43 Å². The summed E-state index contributed by atoms with van der Waals surface area (Å²) >= 11 is 0. The average molecular weight is 228 g/mol. The topological polar surface area (TPSA) is 63.9 Å². The number of hydrogen-bond acceptors (Lipinski definition) is 3. The first-order valence-electron chi connectivity index (χ1n) is 4.35. The molecular weight excluding hydrogens is 218 g/mol. The Balaban J connectivity index is 0.00000112. The second-order valence-electron chi connectivity index (χ2n) is 2.93. The van der Waals surface area contributed by atoms with Crippen molar-refractivity contribution in [1.82, 2.24) is 9.94 Å². The molecule has 0 saturated carbocycles. The highest BCUT2D eigenvalue weighted by Gasteiger charge is 2.13. The van der Waals surface area contributed by atoms with Crippen LogP contribution in [0.3, 0.4) is 0 Å². The van der Waals surface area contributed by atoms with Gasteiger partial charge in [-0.2, -0.15) is 4.85 Å². The molecule has 0 radical (unpaired) electrons. The van der Waals surface area contributed by atoms with Crippen LogP contribution in [-0.2, 0) is 6.42 Å². The van der Waals surface area contributed by atoms with E-state index in [2.05, 4.69) is 5.10 Å². The van der Waals surface area contributed by atoms with Crippen molar-refractivity contribution >= 4 is 23.4 Å². The van der Waals surface area contributed by atoms with Gasteiger partial charge in [-0.1, -0.05) is 24.0 Å². The van der Waals surface area contributed by atoms with Crippen LogP contribution in [0.2, 0.25) is 0 Å². The van der Waals surface area contributed by atoms with E-state index in [1.54, 1.807) is 31.2 Å². The highest BCUT2D eigenvalue weighted by atomic mass is 35.5. The van der Waals surface area contributed by atoms with E-state index in [1.807, 2.05) is 0 Å². The largest absolute Gasteiger partial charge is 0.772 e. The summed E-state index contributed by atoms with van der Waals surface area (Å²) in [4.78, 5) is 12.1. The lowest BCUT2D eigenvalue weighted by molar-refractivity contribution is -0.480. The van der Waals surface area contributed by atoms with Gasteiger partial charge in [-0.3, -0.25) is 0 Å². The third-order valence-corrected chi connectivity index (χ3v) is 2.06. The molecule has 0 amide bonds. The SMILES string of the molecule is CCc1nn([O-])c2ccccc2[n+]1=O.Cl. The summed E-state index contributed by atoms with van der Waals surface area (Å²) in [5.74, 6) is 0.235. The summed E-state index contributed by atoms with van der Waals surface area (Å²) in [6.07, 6.45) is 0.441. The quantitative estimate of drug-likeness (QED) is 0.690. The van der Waals surface area contributed by atoms with Crippen LogP contribution in [0, 0.1) is 10.1 Å². The molecule has 80 valence electrons. The minimum atomic E-state index is 0. The van der Waals surface area contributed by atoms with Gasteiger partial charge in [0.15, 0.2) is 0 Å². The molecule has 1 aromatic heterocycles. The van der Waals surface area contributed by atoms with Crippen LogP contribution in [-0.4, -0.2) is 9.94 Å². The molecule has 0 unspecified atom stereocenters. The fraction of sp³-hybridized carbons (Fsp3) is 0.222. The van der Waals surface area contributed by atoms with Crippen LogP contribution in [0.5, 0.6) is 0 Å². The molecule has 1 heterocycles. The van der Waals surface area contributed by atoms with E-state index in [-0.39, 0.29) is 18.2 Å². The molecule has 0 fully saturated rings. The molecule has 0 aliphatic rings. The zero-order valence-corrected chi connectivity index (χ0v) is 8.90. The van der Waals surface area contributed by atoms with Gasteiger partial charge >= 0.3 is 5.82 Å². The molecule has 0 saturated heterocycles. The van der Waals surface area contributed by atoms with Gasteiger partial charge < -0.3 is 5.21 Å². The van der Waals surface area contributed by atoms with Gasteiger partial charge in [0.1, 0.15) is 5.52 Å². The molecule has 0 N–H and O–H groups in total. The zero-order chi connectivity index (χ0) is 10.1. The Morgan fingerprint density at radius 3 is 2.80 bits per heavy atom. The van der Waals surface area contributed by atoms with E-state index in [4.69, 9.17) is 0 Å². The number of nitrogens with zero attached hydrogens (tertiary/aromatic N) is 3. The van der Waals surface area contributed by atoms with Crippen molar-refractivity contribution in [2.45, 2.75) is 13.3 Å². The number of benzene rings is 1. The first-order valence-corrected chi connectivity index (χ1v) is 4.35. The van der Waals surface area contributed by atoms with E-state index < -0.39 is 0 Å². The fourth-order valence-electron chi connectivity index (χ4n) is 1.35. The summed E-state index contributed by atoms with van der Waals surface area (Å²) in [7, 11) is 0. The van der Waals surface area contributed by atoms with Gasteiger partial charge in [0.05, 0.1) is 11.5 Å². The highest BCUT2D eigenvalue weighted by Crippen LogP contribution is 2.06. The lowest BCUT2D eigenvalue weighted by atomic mass is 10.3. The molecule has 0 bridgehead atoms. The monoisotopic (exact) mass is 227 g/mol. The standard InChI is InChI=1S/C9H9N3O2.ClH/c1-2-9-10-12(14)8-6-4-3-5-7(8)11(9)13;/h3-6H,2H2,1H3;1H. The molecular formula is C9H10ClN3O2. The number of para-hydroxylation sites is 2. The zero-order valence-electron chi connectivity index (χ0n) is 8.08. The smallest absolute Gasteiger partial charge is 0.367 e. The first-order chi connectivity index (χ1) is 6.74. The maximum absolute atomic E-state index is 11.6. The van der Waals surface area contributed by atoms with Crippen molar-refractivity contribution in [3.8, 4) is 0 Å². The van der Waals surface area contributed by atoms with Crippen molar-refractivity contribution in [2.24, 2.45) is 0 Å². The number of fused-ring (bicyclic) bond motifs is 1. The van der Waals surface area contributed by atoms with E-state index >= 15 is 0 Å². The fourth-order valence-corrected chi connectivity index (χ4v) is 1.35. The summed E-state index contributed by atoms with van der Waals surface area (Å²) in [5.41, 5.74) is 0.647. The molecule has 2 aromatic rings. The predicted octanol–water partition coefficient (Wildman–Crippen LogP) is 1.28. The number of rotatable bonds is 1. The van der Waals surface area contributed by atoms with Gasteiger partial charge in [0, 0.05) is 4.43 Å². The molecule has 0 aliphatic carbocycles. The highest BCUT2D eigenvalue weighted by molar-refractivity contribution is 5.85. The Hall–Kier alpha value is -1.62. The van der Waals surface area contributed by atoms with Gasteiger partial charge in [0.2, 0.25) is 5.52 Å². The van der Waals surface area contributed by atoms with Crippen molar-refractivity contribution in [2.75, 3.05) is 0 Å². The third kappa shape index (κ3) is 1.78. The molecule has 15 heavy (non-hydrogen) atoms. The first kappa shape index (κ1) is 11.5. The summed E-state index contributed by atoms with van der Waals surface area (Å²) in [5, 5.41) is 15.0. The maximum Gasteiger partial charge on any atom is 0.367 e. The van der Waals surface area contributed by atoms with Crippen LogP contribution >= 0.6 is 12.4 Å². The number of aryl methyl sites for hydroxylation is 1. The Bertz CT molecular complexity index is 538. The van der Waals surface area contributed by atoms with Crippen LogP contribution < -0.4 is 4.43 Å². The van der Waals surface area contributed by atoms with E-state index in [0.29, 0.717) is 26.7 Å². The van der Waals surface area contributed by atoms with E-state index in [9.17, 15) is 10.1 Å². The Kier molecular flexibility index (Phi) is 3.26. The van der Waals surface area contributed by atoms with Crippen LogP contribution in [0.25, 0.3) is 11.0 Å². The number of aromatic nitrogens is 3. The molecule has 0 atom stereocenters. The summed E-state index contributed by atoms with van der Waals surface area (Å²) in [6, 6.07) is 6.60. The second kappa shape index (κ2) is 4.27. The maximum atomic E-state index is 11.6. The number of halogens is 1. The van der Waals surface area contributed by atoms with E-state index in [0.717, 1.165) is 0 Å². The second-order valence-corrected chi connectivity index (χ2v) is 2.93. The predicted molar refractivity (Wildman–Crippen MR) is 58.5 cm³/mol. The molecule has 2 rings (SSSR count). The lowest BCUT2D eigenvalue weighted by Gasteiger charge is -2.04. The van der Waals surface area contributed by atoms with Crippen molar-refractivity contribution in [1.29, 1.82) is 0 Å². The summed E-state index contributed by atoms with van der Waals surface area (Å²) < 4.78 is 0.698. The number of hydrogen-bond donors (Lipinski definition) is 0. The molecule has 5 nitrogen and oxygen atoms in total. The van der Waals surface area contributed by atoms with Gasteiger partial charge in [0.25, 0.3) is 0 Å². The molecule has 0 aliphatic heterocycles. The van der Waals surface area contributed by atoms with Gasteiger partial charge in [-0.25, -0.2) is 0 Å². The Morgan fingerprint density at radius 2 is 2.13 bits per heavy atom. The Labute approximate surface area is 91.9 Å². The Morgan fingerprint density at radius 1 is 1.47 bits per heavy atom. The minimum Gasteiger partial charge on any atom is -0.772 e. The van der Waals surface area contributed by atoms with Gasteiger partial charge in [-0.15, -0.1) is 12.4 Å². The molecule has 6 heteroatoms. The average Bonchev–Trinajstić information content (AvgIpc) is 2.23. The van der Waals surface area contributed by atoms with E-state index in [1.165, 1.54) is 0 Å². The van der Waals surface area contributed by atoms with Crippen molar-refractivity contribution in [3.05, 3.63) is 40.2 Å². The molecule has 0 spiro atoms. The normalized spacial score (nSPS) is 9.93. The lowest BCUT2D eigenvalue weighted by Crippen LogP contribution is -2.26. The van der Waals surface area contributed by atoms with Crippen LogP contribution in [0.1, 0.15) is 12.7 Å². The third-order valence-electron chi connectivity index (χ3n) is 2.06. The molecule has 1 aromatic carbocycles. The van der Waals surface area contributed by atoms with Crippen LogP contribution in [0.4, 0.5) is 0 Å². The van der Waals surface area contributed by atoms with Gasteiger partial charge in [-0.05, 0) is 12.1 Å². The van der Waals surface area contributed by atoms with Crippen molar-refractivity contribution in [3.63, 3.8) is 0 Å². The van der Waals surface area contributed by atoms with Crippen LogP contribution in [0.15, 0.2) is 24.3 Å². The minimum absolute atomic E-state index is 0.